The summed E-state index contributed by atoms with van der Waals surface area (Å²) in [7, 11) is 0. The van der Waals surface area contributed by atoms with Gasteiger partial charge in [0.25, 0.3) is 5.91 Å². The molecule has 0 aromatic carbocycles. The van der Waals surface area contributed by atoms with Gasteiger partial charge in [-0.25, -0.2) is 9.97 Å². The van der Waals surface area contributed by atoms with E-state index in [4.69, 9.17) is 28.5 Å². The van der Waals surface area contributed by atoms with E-state index in [1.54, 1.807) is 0 Å². The summed E-state index contributed by atoms with van der Waals surface area (Å²) in [5, 5.41) is 14.8. The van der Waals surface area contributed by atoms with Crippen LogP contribution in [0, 0.1) is 11.3 Å². The molecule has 1 N–H and O–H groups in total. The monoisotopic (exact) mass is 455 g/mol. The molecule has 0 spiro atoms. The number of rotatable bonds is 4. The number of carbonyl (C=O) groups excluding carboxylic acids is 1. The van der Waals surface area contributed by atoms with E-state index in [1.165, 1.54) is 29.9 Å². The van der Waals surface area contributed by atoms with Crippen LogP contribution in [0.5, 0.6) is 0 Å². The van der Waals surface area contributed by atoms with E-state index in [9.17, 15) is 18.0 Å². The third kappa shape index (κ3) is 4.67. The molecule has 0 aliphatic rings. The number of carbonyl (C=O) groups is 1. The molecule has 1 unspecified atom stereocenters. The van der Waals surface area contributed by atoms with Crippen LogP contribution in [0.4, 0.5) is 13.2 Å². The normalized spacial score (nSPS) is 12.3. The number of nitriles is 1. The number of pyridine rings is 2. The predicted octanol–water partition coefficient (Wildman–Crippen LogP) is 3.75. The molecule has 1 amide bonds. The molecule has 30 heavy (non-hydrogen) atoms. The van der Waals surface area contributed by atoms with Crippen LogP contribution < -0.4 is 5.32 Å². The molecule has 0 saturated carbocycles. The zero-order chi connectivity index (χ0) is 22.1. The summed E-state index contributed by atoms with van der Waals surface area (Å²) in [5.41, 5.74) is -1.30. The van der Waals surface area contributed by atoms with Crippen LogP contribution in [-0.2, 0) is 6.18 Å². The molecule has 0 radical (unpaired) electrons. The molecular weight excluding hydrogens is 446 g/mol. The summed E-state index contributed by atoms with van der Waals surface area (Å²) < 4.78 is 40.0. The Morgan fingerprint density at radius 2 is 2.00 bits per heavy atom. The summed E-state index contributed by atoms with van der Waals surface area (Å²) >= 11 is 11.5. The van der Waals surface area contributed by atoms with Crippen LogP contribution in [0.3, 0.4) is 0 Å². The molecule has 3 aromatic heterocycles. The van der Waals surface area contributed by atoms with Gasteiger partial charge in [0.2, 0.25) is 5.28 Å². The van der Waals surface area contributed by atoms with Gasteiger partial charge in [-0.2, -0.15) is 28.1 Å². The van der Waals surface area contributed by atoms with Crippen molar-refractivity contribution >= 4 is 29.1 Å². The molecule has 0 saturated heterocycles. The summed E-state index contributed by atoms with van der Waals surface area (Å²) in [5.74, 6) is -0.395. The largest absolute Gasteiger partial charge is 0.433 e. The quantitative estimate of drug-likeness (QED) is 0.599. The molecule has 0 aliphatic heterocycles. The lowest BCUT2D eigenvalue weighted by Gasteiger charge is -2.15. The third-order valence-corrected chi connectivity index (χ3v) is 4.14. The van der Waals surface area contributed by atoms with Gasteiger partial charge in [0, 0.05) is 11.8 Å². The van der Waals surface area contributed by atoms with Crippen LogP contribution in [-0.4, -0.2) is 30.6 Å². The second kappa shape index (κ2) is 8.25. The van der Waals surface area contributed by atoms with Gasteiger partial charge < -0.3 is 5.32 Å². The first-order valence-electron chi connectivity index (χ1n) is 8.13. The highest BCUT2D eigenvalue weighted by molar-refractivity contribution is 6.29. The van der Waals surface area contributed by atoms with E-state index in [-0.39, 0.29) is 22.5 Å². The van der Waals surface area contributed by atoms with Crippen molar-refractivity contribution < 1.29 is 18.0 Å². The number of alkyl halides is 3. The van der Waals surface area contributed by atoms with Crippen molar-refractivity contribution in [1.29, 1.82) is 5.26 Å². The Balaban J connectivity index is 1.88. The van der Waals surface area contributed by atoms with E-state index in [0.717, 1.165) is 6.07 Å². The standard InChI is InChI=1S/C17H10Cl2F3N7O/c1-8(25-15(30)10-4-11(17(20,21)22)26-12(18)5-10)14-27-16(19)28-29(14)13-3-2-9(6-23)7-24-13/h2-5,7-8H,1H3,(H,25,30). The maximum absolute atomic E-state index is 12.9. The Kier molecular flexibility index (Phi) is 5.91. The fourth-order valence-corrected chi connectivity index (χ4v) is 2.81. The van der Waals surface area contributed by atoms with Gasteiger partial charge in [-0.3, -0.25) is 4.79 Å². The van der Waals surface area contributed by atoms with Gasteiger partial charge in [-0.1, -0.05) is 11.6 Å². The van der Waals surface area contributed by atoms with Crippen LogP contribution in [0.2, 0.25) is 10.4 Å². The average Bonchev–Trinajstić information content (AvgIpc) is 3.08. The third-order valence-electron chi connectivity index (χ3n) is 3.78. The highest BCUT2D eigenvalue weighted by Gasteiger charge is 2.34. The Morgan fingerprint density at radius 1 is 1.27 bits per heavy atom. The lowest BCUT2D eigenvalue weighted by Crippen LogP contribution is -2.29. The number of halogens is 5. The van der Waals surface area contributed by atoms with E-state index in [0.29, 0.717) is 11.6 Å². The molecule has 0 fully saturated rings. The summed E-state index contributed by atoms with van der Waals surface area (Å²) in [6.45, 7) is 1.53. The first-order valence-corrected chi connectivity index (χ1v) is 8.88. The van der Waals surface area contributed by atoms with Gasteiger partial charge in [-0.15, -0.1) is 5.10 Å². The van der Waals surface area contributed by atoms with Crippen molar-refractivity contribution in [2.75, 3.05) is 0 Å². The van der Waals surface area contributed by atoms with Crippen molar-refractivity contribution in [1.82, 2.24) is 30.0 Å². The second-order valence-electron chi connectivity index (χ2n) is 5.92. The van der Waals surface area contributed by atoms with Crippen molar-refractivity contribution in [3.8, 4) is 11.9 Å². The number of hydrogen-bond acceptors (Lipinski definition) is 6. The summed E-state index contributed by atoms with van der Waals surface area (Å²) in [6.07, 6.45) is -3.45. The Labute approximate surface area is 177 Å². The maximum atomic E-state index is 12.9. The van der Waals surface area contributed by atoms with Gasteiger partial charge in [0.15, 0.2) is 11.6 Å². The van der Waals surface area contributed by atoms with Crippen molar-refractivity contribution in [2.24, 2.45) is 0 Å². The highest BCUT2D eigenvalue weighted by Crippen LogP contribution is 2.29. The van der Waals surface area contributed by atoms with E-state index in [2.05, 4.69) is 25.4 Å². The average molecular weight is 456 g/mol. The van der Waals surface area contributed by atoms with Crippen molar-refractivity contribution in [3.05, 3.63) is 63.5 Å². The first kappa shape index (κ1) is 21.5. The second-order valence-corrected chi connectivity index (χ2v) is 6.65. The van der Waals surface area contributed by atoms with Crippen molar-refractivity contribution in [2.45, 2.75) is 19.1 Å². The van der Waals surface area contributed by atoms with E-state index >= 15 is 0 Å². The molecular formula is C17H10Cl2F3N7O. The summed E-state index contributed by atoms with van der Waals surface area (Å²) in [4.78, 5) is 23.8. The lowest BCUT2D eigenvalue weighted by molar-refractivity contribution is -0.141. The molecule has 3 aromatic rings. The number of amides is 1. The van der Waals surface area contributed by atoms with Crippen LogP contribution in [0.25, 0.3) is 5.82 Å². The van der Waals surface area contributed by atoms with Crippen LogP contribution >= 0.6 is 23.2 Å². The number of nitrogens with one attached hydrogen (secondary N) is 1. The van der Waals surface area contributed by atoms with Crippen LogP contribution in [0.1, 0.15) is 40.4 Å². The van der Waals surface area contributed by atoms with Gasteiger partial charge in [0.05, 0.1) is 11.6 Å². The Morgan fingerprint density at radius 3 is 2.60 bits per heavy atom. The van der Waals surface area contributed by atoms with E-state index in [1.807, 2.05) is 6.07 Å². The zero-order valence-corrected chi connectivity index (χ0v) is 16.5. The minimum absolute atomic E-state index is 0.136. The molecule has 0 aliphatic carbocycles. The maximum Gasteiger partial charge on any atom is 0.433 e. The minimum Gasteiger partial charge on any atom is -0.342 e. The fourth-order valence-electron chi connectivity index (χ4n) is 2.44. The number of hydrogen-bond donors (Lipinski definition) is 1. The Bertz CT molecular complexity index is 1140. The van der Waals surface area contributed by atoms with Crippen molar-refractivity contribution in [3.63, 3.8) is 0 Å². The Hall–Kier alpha value is -3.23. The predicted molar refractivity (Wildman–Crippen MR) is 99.0 cm³/mol. The molecule has 3 heterocycles. The van der Waals surface area contributed by atoms with Gasteiger partial charge in [-0.05, 0) is 42.8 Å². The lowest BCUT2D eigenvalue weighted by atomic mass is 10.2. The van der Waals surface area contributed by atoms with Crippen LogP contribution in [0.15, 0.2) is 30.5 Å². The molecule has 8 nitrogen and oxygen atoms in total. The minimum atomic E-state index is -4.76. The number of nitrogens with zero attached hydrogens (tertiary/aromatic N) is 6. The molecule has 154 valence electrons. The molecule has 3 rings (SSSR count). The smallest absolute Gasteiger partial charge is 0.342 e. The fraction of sp³-hybridized carbons (Fsp3) is 0.176. The van der Waals surface area contributed by atoms with Gasteiger partial charge in [0.1, 0.15) is 16.9 Å². The first-order chi connectivity index (χ1) is 14.1. The molecule has 13 heteroatoms. The summed E-state index contributed by atoms with van der Waals surface area (Å²) in [6, 6.07) is 5.71. The zero-order valence-electron chi connectivity index (χ0n) is 14.9. The molecule has 0 bridgehead atoms. The van der Waals surface area contributed by atoms with E-state index < -0.39 is 29.0 Å². The highest BCUT2D eigenvalue weighted by atomic mass is 35.5. The molecule has 1 atom stereocenters. The number of aromatic nitrogens is 5. The SMILES string of the molecule is CC(NC(=O)c1cc(Cl)nc(C(F)(F)F)c1)c1nc(Cl)nn1-c1ccc(C#N)cn1. The topological polar surface area (TPSA) is 109 Å². The van der Waals surface area contributed by atoms with Gasteiger partial charge >= 0.3 is 6.18 Å².